The van der Waals surface area contributed by atoms with Crippen LogP contribution in [0.1, 0.15) is 64.7 Å². The van der Waals surface area contributed by atoms with Gasteiger partial charge in [-0.3, -0.25) is 0 Å². The molecular weight excluding hydrogens is 478 g/mol. The fraction of sp³-hybridized carbons (Fsp3) is 1.00. The third-order valence-corrected chi connectivity index (χ3v) is 4.99. The van der Waals surface area contributed by atoms with Crippen molar-refractivity contribution in [1.29, 1.82) is 0 Å². The number of alkyl halides is 10. The summed E-state index contributed by atoms with van der Waals surface area (Å²) in [6, 6.07) is 0. The molecule has 0 aliphatic rings. The average Bonchev–Trinajstić information content (AvgIpc) is 2.43. The predicted molar refractivity (Wildman–Crippen MR) is 85.9 cm³/mol. The fourth-order valence-corrected chi connectivity index (χ4v) is 3.42. The van der Waals surface area contributed by atoms with Crippen LogP contribution in [0.3, 0.4) is 0 Å². The Hall–Kier alpha value is 0.1000. The van der Waals surface area contributed by atoms with E-state index < -0.39 is 34.3 Å². The summed E-state index contributed by atoms with van der Waals surface area (Å²) in [5.74, 6) is -6.50. The summed E-state index contributed by atoms with van der Waals surface area (Å²) in [5.41, 5.74) is -5.63. The highest BCUT2D eigenvalue weighted by atomic mass is 127. The van der Waals surface area contributed by atoms with Gasteiger partial charge in [0.25, 0.3) is 5.67 Å². The lowest BCUT2D eigenvalue weighted by atomic mass is 9.89. The molecule has 0 aliphatic heterocycles. The van der Waals surface area contributed by atoms with Crippen LogP contribution in [-0.4, -0.2) is 27.9 Å². The van der Waals surface area contributed by atoms with Gasteiger partial charge in [0.2, 0.25) is 0 Å². The van der Waals surface area contributed by atoms with Crippen LogP contribution in [0.4, 0.5) is 39.5 Å². The highest BCUT2D eigenvalue weighted by Gasteiger charge is 2.80. The van der Waals surface area contributed by atoms with E-state index in [2.05, 4.69) is 0 Å². The van der Waals surface area contributed by atoms with Crippen LogP contribution in [0.15, 0.2) is 0 Å². The van der Waals surface area contributed by atoms with Crippen LogP contribution < -0.4 is 0 Å². The van der Waals surface area contributed by atoms with E-state index in [0.29, 0.717) is 12.8 Å². The van der Waals surface area contributed by atoms with E-state index in [1.165, 1.54) is 22.6 Å². The summed E-state index contributed by atoms with van der Waals surface area (Å²) in [4.78, 5) is 0. The standard InChI is InChI=1S/C15H22F9I/c1-2-3-4-5-6-7-8-9-11(25)10-12(16,14(19,20)21)13(17,18)15(22,23)24/h11H,2-10H2,1H3. The molecule has 0 aliphatic carbocycles. The van der Waals surface area contributed by atoms with Crippen molar-refractivity contribution in [2.45, 2.75) is 92.6 Å². The minimum Gasteiger partial charge on any atom is -0.227 e. The third kappa shape index (κ3) is 6.97. The van der Waals surface area contributed by atoms with Gasteiger partial charge in [-0.2, -0.15) is 35.1 Å². The fourth-order valence-electron chi connectivity index (χ4n) is 2.38. The first kappa shape index (κ1) is 25.1. The van der Waals surface area contributed by atoms with Gasteiger partial charge in [-0.05, 0) is 6.42 Å². The van der Waals surface area contributed by atoms with Crippen LogP contribution in [-0.2, 0) is 0 Å². The maximum atomic E-state index is 13.9. The van der Waals surface area contributed by atoms with Gasteiger partial charge in [0.05, 0.1) is 0 Å². The molecule has 2 atom stereocenters. The Kier molecular flexibility index (Phi) is 9.91. The monoisotopic (exact) mass is 500 g/mol. The lowest BCUT2D eigenvalue weighted by Crippen LogP contribution is -2.62. The molecule has 0 spiro atoms. The van der Waals surface area contributed by atoms with E-state index in [-0.39, 0.29) is 6.42 Å². The lowest BCUT2D eigenvalue weighted by Gasteiger charge is -2.37. The summed E-state index contributed by atoms with van der Waals surface area (Å²) >= 11 is 1.31. The number of hydrogen-bond donors (Lipinski definition) is 0. The van der Waals surface area contributed by atoms with Crippen molar-refractivity contribution in [3.63, 3.8) is 0 Å². The van der Waals surface area contributed by atoms with Crippen molar-refractivity contribution in [2.24, 2.45) is 0 Å². The van der Waals surface area contributed by atoms with E-state index >= 15 is 0 Å². The van der Waals surface area contributed by atoms with E-state index in [1.54, 1.807) is 0 Å². The number of hydrogen-bond acceptors (Lipinski definition) is 0. The summed E-state index contributed by atoms with van der Waals surface area (Å²) in [6.45, 7) is 2.03. The molecule has 0 aromatic rings. The van der Waals surface area contributed by atoms with Gasteiger partial charge in [-0.15, -0.1) is 0 Å². The average molecular weight is 500 g/mol. The first-order chi connectivity index (χ1) is 11.2. The van der Waals surface area contributed by atoms with E-state index in [1.807, 2.05) is 6.92 Å². The second-order valence-corrected chi connectivity index (χ2v) is 7.84. The van der Waals surface area contributed by atoms with E-state index in [4.69, 9.17) is 0 Å². The van der Waals surface area contributed by atoms with Gasteiger partial charge in [0.15, 0.2) is 0 Å². The largest absolute Gasteiger partial charge is 0.457 e. The minimum absolute atomic E-state index is 0.0516. The Morgan fingerprint density at radius 3 is 1.52 bits per heavy atom. The number of halogens is 10. The summed E-state index contributed by atoms with van der Waals surface area (Å²) in [6.07, 6.45) is -9.15. The molecule has 0 heterocycles. The summed E-state index contributed by atoms with van der Waals surface area (Å²) < 4.78 is 114. The summed E-state index contributed by atoms with van der Waals surface area (Å²) in [7, 11) is 0. The second kappa shape index (κ2) is 9.87. The predicted octanol–water partition coefficient (Wildman–Crippen LogP) is 7.79. The Bertz CT molecular complexity index is 378. The van der Waals surface area contributed by atoms with Crippen molar-refractivity contribution in [2.75, 3.05) is 0 Å². The van der Waals surface area contributed by atoms with E-state index in [0.717, 1.165) is 32.1 Å². The molecule has 0 fully saturated rings. The van der Waals surface area contributed by atoms with Crippen LogP contribution in [0.2, 0.25) is 0 Å². The topological polar surface area (TPSA) is 0 Å². The molecule has 152 valence electrons. The zero-order valence-electron chi connectivity index (χ0n) is 13.7. The third-order valence-electron chi connectivity index (χ3n) is 3.93. The van der Waals surface area contributed by atoms with Gasteiger partial charge < -0.3 is 0 Å². The molecule has 0 saturated carbocycles. The van der Waals surface area contributed by atoms with Crippen LogP contribution in [0.25, 0.3) is 0 Å². The SMILES string of the molecule is CCCCCCCCCC(I)CC(F)(C(F)(F)F)C(F)(F)C(F)(F)F. The Morgan fingerprint density at radius 1 is 0.680 bits per heavy atom. The molecular formula is C15H22F9I. The highest BCUT2D eigenvalue weighted by Crippen LogP contribution is 2.55. The second-order valence-electron chi connectivity index (χ2n) is 6.08. The Morgan fingerprint density at radius 2 is 1.12 bits per heavy atom. The molecule has 0 rings (SSSR count). The van der Waals surface area contributed by atoms with Crippen molar-refractivity contribution < 1.29 is 39.5 Å². The molecule has 0 radical (unpaired) electrons. The first-order valence-electron chi connectivity index (χ1n) is 8.05. The van der Waals surface area contributed by atoms with Crippen molar-refractivity contribution >= 4 is 22.6 Å². The quantitative estimate of drug-likeness (QED) is 0.118. The molecule has 0 saturated heterocycles. The lowest BCUT2D eigenvalue weighted by molar-refractivity contribution is -0.384. The van der Waals surface area contributed by atoms with Crippen molar-refractivity contribution in [3.8, 4) is 0 Å². The molecule has 2 unspecified atom stereocenters. The highest BCUT2D eigenvalue weighted by molar-refractivity contribution is 14.1. The molecule has 0 amide bonds. The van der Waals surface area contributed by atoms with Crippen molar-refractivity contribution in [1.82, 2.24) is 0 Å². The molecule has 25 heavy (non-hydrogen) atoms. The van der Waals surface area contributed by atoms with Crippen LogP contribution >= 0.6 is 22.6 Å². The maximum absolute atomic E-state index is 13.9. The Balaban J connectivity index is 4.74. The van der Waals surface area contributed by atoms with E-state index in [9.17, 15) is 39.5 Å². The number of unbranched alkanes of at least 4 members (excludes halogenated alkanes) is 6. The van der Waals surface area contributed by atoms with Crippen LogP contribution in [0, 0.1) is 0 Å². The van der Waals surface area contributed by atoms with Gasteiger partial charge in [-0.1, -0.05) is 74.5 Å². The van der Waals surface area contributed by atoms with Gasteiger partial charge in [-0.25, -0.2) is 4.39 Å². The molecule has 0 nitrogen and oxygen atoms in total. The minimum atomic E-state index is -6.62. The number of rotatable bonds is 11. The Labute approximate surface area is 155 Å². The molecule has 0 aromatic carbocycles. The van der Waals surface area contributed by atoms with Crippen LogP contribution in [0.5, 0.6) is 0 Å². The van der Waals surface area contributed by atoms with Gasteiger partial charge in [0, 0.05) is 10.3 Å². The molecule has 0 bridgehead atoms. The maximum Gasteiger partial charge on any atom is 0.457 e. The van der Waals surface area contributed by atoms with Crippen molar-refractivity contribution in [3.05, 3.63) is 0 Å². The van der Waals surface area contributed by atoms with Gasteiger partial charge >= 0.3 is 18.3 Å². The smallest absolute Gasteiger partial charge is 0.227 e. The zero-order chi connectivity index (χ0) is 19.9. The normalized spacial score (nSPS) is 17.4. The summed E-state index contributed by atoms with van der Waals surface area (Å²) in [5, 5.41) is 0. The molecule has 10 heteroatoms. The zero-order valence-corrected chi connectivity index (χ0v) is 15.9. The van der Waals surface area contributed by atoms with Gasteiger partial charge in [0.1, 0.15) is 0 Å². The molecule has 0 aromatic heterocycles. The molecule has 0 N–H and O–H groups in total. The first-order valence-corrected chi connectivity index (χ1v) is 9.29.